The molecule has 0 fully saturated rings. The Kier molecular flexibility index (Phi) is 3.89. The summed E-state index contributed by atoms with van der Waals surface area (Å²) in [6.45, 7) is 2.21. The summed E-state index contributed by atoms with van der Waals surface area (Å²) in [5, 5.41) is 12.4. The Bertz CT molecular complexity index is 636. The lowest BCUT2D eigenvalue weighted by molar-refractivity contribution is 0.1000. The van der Waals surface area contributed by atoms with Crippen LogP contribution in [0.5, 0.6) is 5.75 Å². The van der Waals surface area contributed by atoms with Gasteiger partial charge >= 0.3 is 0 Å². The second-order valence-electron chi connectivity index (χ2n) is 4.57. The first-order valence-corrected chi connectivity index (χ1v) is 6.08. The summed E-state index contributed by atoms with van der Waals surface area (Å²) in [5.41, 5.74) is 7.95. The number of phenols is 1. The smallest absolute Gasteiger partial charge is 0.248 e. The molecule has 0 atom stereocenters. The van der Waals surface area contributed by atoms with Crippen LogP contribution in [0.2, 0.25) is 0 Å². The van der Waals surface area contributed by atoms with Crippen molar-refractivity contribution in [2.45, 2.75) is 13.5 Å². The van der Waals surface area contributed by atoms with E-state index in [2.05, 4.69) is 5.32 Å². The van der Waals surface area contributed by atoms with Gasteiger partial charge in [-0.15, -0.1) is 0 Å². The third-order valence-electron chi connectivity index (χ3n) is 2.94. The Morgan fingerprint density at radius 2 is 2.05 bits per heavy atom. The summed E-state index contributed by atoms with van der Waals surface area (Å²) < 4.78 is 13.1. The lowest BCUT2D eigenvalue weighted by Crippen LogP contribution is -2.11. The van der Waals surface area contributed by atoms with E-state index < -0.39 is 11.7 Å². The topological polar surface area (TPSA) is 75.4 Å². The van der Waals surface area contributed by atoms with Crippen LogP contribution < -0.4 is 11.1 Å². The van der Waals surface area contributed by atoms with Crippen LogP contribution in [0.1, 0.15) is 21.5 Å². The number of rotatable bonds is 4. The van der Waals surface area contributed by atoms with E-state index >= 15 is 0 Å². The van der Waals surface area contributed by atoms with Gasteiger partial charge in [0, 0.05) is 23.9 Å². The van der Waals surface area contributed by atoms with Gasteiger partial charge < -0.3 is 16.2 Å². The first-order chi connectivity index (χ1) is 9.45. The SMILES string of the molecule is Cc1cc(C(N)=O)ccc1NCc1cc(O)cc(F)c1. The summed E-state index contributed by atoms with van der Waals surface area (Å²) in [7, 11) is 0. The Morgan fingerprint density at radius 1 is 1.30 bits per heavy atom. The van der Waals surface area contributed by atoms with Gasteiger partial charge in [-0.3, -0.25) is 4.79 Å². The zero-order chi connectivity index (χ0) is 14.7. The fraction of sp³-hybridized carbons (Fsp3) is 0.133. The quantitative estimate of drug-likeness (QED) is 0.802. The molecule has 0 unspecified atom stereocenters. The maximum atomic E-state index is 13.1. The van der Waals surface area contributed by atoms with Gasteiger partial charge in [0.15, 0.2) is 0 Å². The molecule has 2 aromatic carbocycles. The van der Waals surface area contributed by atoms with Gasteiger partial charge in [-0.25, -0.2) is 4.39 Å². The van der Waals surface area contributed by atoms with Gasteiger partial charge in [-0.05, 0) is 48.4 Å². The molecule has 0 aliphatic carbocycles. The minimum Gasteiger partial charge on any atom is -0.508 e. The average Bonchev–Trinajstić information content (AvgIpc) is 2.36. The van der Waals surface area contributed by atoms with Crippen molar-refractivity contribution >= 4 is 11.6 Å². The van der Waals surface area contributed by atoms with Crippen molar-refractivity contribution in [3.63, 3.8) is 0 Å². The number of amides is 1. The van der Waals surface area contributed by atoms with Gasteiger partial charge in [0.05, 0.1) is 0 Å². The molecular weight excluding hydrogens is 259 g/mol. The van der Waals surface area contributed by atoms with E-state index in [1.807, 2.05) is 6.92 Å². The van der Waals surface area contributed by atoms with Gasteiger partial charge in [-0.1, -0.05) is 0 Å². The van der Waals surface area contributed by atoms with E-state index in [-0.39, 0.29) is 5.75 Å². The third-order valence-corrected chi connectivity index (χ3v) is 2.94. The molecule has 1 amide bonds. The highest BCUT2D eigenvalue weighted by Gasteiger charge is 2.05. The molecule has 0 bridgehead atoms. The summed E-state index contributed by atoms with van der Waals surface area (Å²) in [5.74, 6) is -1.07. The van der Waals surface area contributed by atoms with Crippen LogP contribution in [-0.4, -0.2) is 11.0 Å². The zero-order valence-electron chi connectivity index (χ0n) is 11.0. The first kappa shape index (κ1) is 13.9. The van der Waals surface area contributed by atoms with Crippen LogP contribution in [0.15, 0.2) is 36.4 Å². The van der Waals surface area contributed by atoms with E-state index in [1.165, 1.54) is 12.1 Å². The molecule has 20 heavy (non-hydrogen) atoms. The lowest BCUT2D eigenvalue weighted by atomic mass is 10.1. The largest absolute Gasteiger partial charge is 0.508 e. The number of aromatic hydroxyl groups is 1. The predicted octanol–water partition coefficient (Wildman–Crippen LogP) is 2.55. The standard InChI is InChI=1S/C15H15FN2O2/c1-9-4-11(15(17)20)2-3-14(9)18-8-10-5-12(16)7-13(19)6-10/h2-7,18-19H,8H2,1H3,(H2,17,20). The normalized spacial score (nSPS) is 10.3. The van der Waals surface area contributed by atoms with Gasteiger partial charge in [0.2, 0.25) is 5.91 Å². The number of aryl methyl sites for hydroxylation is 1. The number of hydrogen-bond acceptors (Lipinski definition) is 3. The molecule has 2 aromatic rings. The van der Waals surface area contributed by atoms with Crippen molar-refractivity contribution in [2.24, 2.45) is 5.73 Å². The number of nitrogens with two attached hydrogens (primary N) is 1. The molecule has 0 spiro atoms. The second kappa shape index (κ2) is 5.61. The minimum absolute atomic E-state index is 0.109. The van der Waals surface area contributed by atoms with E-state index in [4.69, 9.17) is 5.73 Å². The monoisotopic (exact) mass is 274 g/mol. The third kappa shape index (κ3) is 3.26. The van der Waals surface area contributed by atoms with Crippen molar-refractivity contribution in [1.29, 1.82) is 0 Å². The number of phenolic OH excluding ortho intramolecular Hbond substituents is 1. The Labute approximate surface area is 116 Å². The molecule has 4 nitrogen and oxygen atoms in total. The van der Waals surface area contributed by atoms with E-state index in [0.717, 1.165) is 17.3 Å². The fourth-order valence-corrected chi connectivity index (χ4v) is 1.95. The number of carbonyl (C=O) groups excluding carboxylic acids is 1. The highest BCUT2D eigenvalue weighted by atomic mass is 19.1. The first-order valence-electron chi connectivity index (χ1n) is 6.08. The van der Waals surface area contributed by atoms with Crippen LogP contribution in [0.4, 0.5) is 10.1 Å². The Balaban J connectivity index is 2.12. The molecule has 104 valence electrons. The molecule has 0 saturated heterocycles. The number of halogens is 1. The molecule has 0 heterocycles. The molecule has 2 rings (SSSR count). The summed E-state index contributed by atoms with van der Waals surface area (Å²) in [6.07, 6.45) is 0. The second-order valence-corrected chi connectivity index (χ2v) is 4.57. The molecular formula is C15H15FN2O2. The maximum Gasteiger partial charge on any atom is 0.248 e. The van der Waals surface area contributed by atoms with Crippen molar-refractivity contribution < 1.29 is 14.3 Å². The minimum atomic E-state index is -0.484. The van der Waals surface area contributed by atoms with E-state index in [1.54, 1.807) is 18.2 Å². The highest BCUT2D eigenvalue weighted by molar-refractivity contribution is 5.93. The van der Waals surface area contributed by atoms with Crippen LogP contribution in [-0.2, 0) is 6.54 Å². The summed E-state index contributed by atoms with van der Waals surface area (Å²) in [4.78, 5) is 11.1. The van der Waals surface area contributed by atoms with Crippen molar-refractivity contribution in [1.82, 2.24) is 0 Å². The van der Waals surface area contributed by atoms with Crippen molar-refractivity contribution in [3.8, 4) is 5.75 Å². The Morgan fingerprint density at radius 3 is 2.65 bits per heavy atom. The van der Waals surface area contributed by atoms with E-state index in [0.29, 0.717) is 17.7 Å². The molecule has 4 N–H and O–H groups in total. The molecule has 0 radical (unpaired) electrons. The van der Waals surface area contributed by atoms with Crippen LogP contribution in [0, 0.1) is 12.7 Å². The molecule has 0 saturated carbocycles. The number of nitrogens with one attached hydrogen (secondary N) is 1. The molecule has 0 aliphatic heterocycles. The van der Waals surface area contributed by atoms with Crippen molar-refractivity contribution in [3.05, 3.63) is 58.9 Å². The van der Waals surface area contributed by atoms with Crippen LogP contribution >= 0.6 is 0 Å². The average molecular weight is 274 g/mol. The zero-order valence-corrected chi connectivity index (χ0v) is 11.0. The lowest BCUT2D eigenvalue weighted by Gasteiger charge is -2.11. The van der Waals surface area contributed by atoms with Gasteiger partial charge in [0.1, 0.15) is 11.6 Å². The summed E-state index contributed by atoms with van der Waals surface area (Å²) in [6, 6.07) is 8.95. The van der Waals surface area contributed by atoms with E-state index in [9.17, 15) is 14.3 Å². The van der Waals surface area contributed by atoms with Gasteiger partial charge in [-0.2, -0.15) is 0 Å². The number of anilines is 1. The number of carbonyl (C=O) groups is 1. The maximum absolute atomic E-state index is 13.1. The van der Waals surface area contributed by atoms with Crippen molar-refractivity contribution in [2.75, 3.05) is 5.32 Å². The Hall–Kier alpha value is -2.56. The molecule has 0 aliphatic rings. The number of hydrogen-bond donors (Lipinski definition) is 3. The molecule has 5 heteroatoms. The fourth-order valence-electron chi connectivity index (χ4n) is 1.95. The summed E-state index contributed by atoms with van der Waals surface area (Å²) >= 11 is 0. The molecule has 0 aromatic heterocycles. The van der Waals surface area contributed by atoms with Crippen LogP contribution in [0.3, 0.4) is 0 Å². The highest BCUT2D eigenvalue weighted by Crippen LogP contribution is 2.19. The number of benzene rings is 2. The van der Waals surface area contributed by atoms with Gasteiger partial charge in [0.25, 0.3) is 0 Å². The van der Waals surface area contributed by atoms with Crippen LogP contribution in [0.25, 0.3) is 0 Å². The number of primary amides is 1. The predicted molar refractivity (Wildman–Crippen MR) is 75.1 cm³/mol.